The summed E-state index contributed by atoms with van der Waals surface area (Å²) >= 11 is 1.81. The molecule has 0 saturated carbocycles. The summed E-state index contributed by atoms with van der Waals surface area (Å²) in [4.78, 5) is 13.0. The van der Waals surface area contributed by atoms with E-state index < -0.39 is 0 Å². The highest BCUT2D eigenvalue weighted by Crippen LogP contribution is 2.48. The Balaban J connectivity index is 1.19. The Hall–Kier alpha value is -6.82. The van der Waals surface area contributed by atoms with Crippen LogP contribution in [0.1, 0.15) is 0 Å². The fourth-order valence-electron chi connectivity index (χ4n) is 7.79. The van der Waals surface area contributed by atoms with Crippen LogP contribution in [0.2, 0.25) is 0 Å². The van der Waals surface area contributed by atoms with E-state index >= 15 is 0 Å². The van der Waals surface area contributed by atoms with Gasteiger partial charge in [0.15, 0.2) is 0 Å². The van der Waals surface area contributed by atoms with Crippen LogP contribution in [-0.2, 0) is 0 Å². The van der Waals surface area contributed by atoms with Gasteiger partial charge in [-0.15, -0.1) is 11.3 Å². The smallest absolute Gasteiger partial charge is 0.238 e. The van der Waals surface area contributed by atoms with Crippen molar-refractivity contribution in [3.05, 3.63) is 176 Å². The van der Waals surface area contributed by atoms with Gasteiger partial charge in [-0.3, -0.25) is 4.90 Å². The molecular formula is C48H29N3OS. The molecule has 0 spiro atoms. The van der Waals surface area contributed by atoms with Gasteiger partial charge in [0.2, 0.25) is 11.7 Å². The van der Waals surface area contributed by atoms with Crippen molar-refractivity contribution in [2.45, 2.75) is 0 Å². The summed E-state index contributed by atoms with van der Waals surface area (Å²) in [7, 11) is 0. The summed E-state index contributed by atoms with van der Waals surface area (Å²) in [6, 6.07) is 62.0. The van der Waals surface area contributed by atoms with Gasteiger partial charge in [0.05, 0.1) is 21.5 Å². The third-order valence-corrected chi connectivity index (χ3v) is 11.4. The number of benzene rings is 8. The van der Waals surface area contributed by atoms with Gasteiger partial charge >= 0.3 is 0 Å². The third-order valence-electron chi connectivity index (χ3n) is 10.3. The van der Waals surface area contributed by atoms with Gasteiger partial charge in [0.25, 0.3) is 0 Å². The largest absolute Gasteiger partial charge is 0.437 e. The van der Waals surface area contributed by atoms with Crippen molar-refractivity contribution in [2.75, 3.05) is 4.90 Å². The van der Waals surface area contributed by atoms with E-state index in [1.807, 2.05) is 35.6 Å². The van der Waals surface area contributed by atoms with E-state index in [4.69, 9.17) is 14.4 Å². The molecule has 4 nitrogen and oxygen atoms in total. The number of hydrogen-bond donors (Lipinski definition) is 0. The van der Waals surface area contributed by atoms with Crippen molar-refractivity contribution in [1.29, 1.82) is 0 Å². The number of thiophene rings is 1. The normalized spacial score (nSPS) is 11.8. The molecule has 0 saturated heterocycles. The molecule has 0 unspecified atom stereocenters. The quantitative estimate of drug-likeness (QED) is 0.180. The second-order valence-corrected chi connectivity index (χ2v) is 14.4. The van der Waals surface area contributed by atoms with E-state index in [1.165, 1.54) is 42.1 Å². The molecule has 0 radical (unpaired) electrons. The maximum Gasteiger partial charge on any atom is 0.238 e. The topological polar surface area (TPSA) is 42.2 Å². The molecule has 53 heavy (non-hydrogen) atoms. The Morgan fingerprint density at radius 3 is 1.96 bits per heavy atom. The minimum absolute atomic E-state index is 0.548. The number of aromatic nitrogens is 2. The van der Waals surface area contributed by atoms with Crippen LogP contribution in [0.25, 0.3) is 86.2 Å². The molecule has 0 aliphatic carbocycles. The number of fused-ring (bicyclic) bond motifs is 9. The van der Waals surface area contributed by atoms with E-state index in [2.05, 4.69) is 157 Å². The summed E-state index contributed by atoms with van der Waals surface area (Å²) in [5.74, 6) is 0.548. The van der Waals surface area contributed by atoms with Crippen molar-refractivity contribution in [3.8, 4) is 22.4 Å². The third kappa shape index (κ3) is 4.82. The van der Waals surface area contributed by atoms with E-state index in [1.54, 1.807) is 0 Å². The summed E-state index contributed by atoms with van der Waals surface area (Å²) < 4.78 is 8.99. The molecule has 0 N–H and O–H groups in total. The summed E-state index contributed by atoms with van der Waals surface area (Å²) in [5, 5.41) is 9.10. The minimum Gasteiger partial charge on any atom is -0.437 e. The van der Waals surface area contributed by atoms with Crippen LogP contribution in [0, 0.1) is 0 Å². The predicted molar refractivity (Wildman–Crippen MR) is 223 cm³/mol. The highest BCUT2D eigenvalue weighted by Gasteiger charge is 2.25. The molecule has 0 aliphatic rings. The lowest BCUT2D eigenvalue weighted by molar-refractivity contribution is 0.653. The SMILES string of the molecule is c1ccc(-c2ccc3cc(-c4nc(N(c5ccccc5)c5cc6ccccc6c6c5sc5ccccc56)nc5oc6ccccc6c45)ccc3c2)cc1. The average Bonchev–Trinajstić information content (AvgIpc) is 3.80. The first kappa shape index (κ1) is 29.9. The van der Waals surface area contributed by atoms with E-state index in [0.717, 1.165) is 49.8 Å². The Morgan fingerprint density at radius 1 is 0.472 bits per heavy atom. The van der Waals surface area contributed by atoms with Crippen LogP contribution in [0.4, 0.5) is 17.3 Å². The molecule has 3 heterocycles. The van der Waals surface area contributed by atoms with Crippen LogP contribution < -0.4 is 4.90 Å². The van der Waals surface area contributed by atoms with E-state index in [-0.39, 0.29) is 0 Å². The molecule has 0 aliphatic heterocycles. The molecule has 0 amide bonds. The number of rotatable bonds is 5. The lowest BCUT2D eigenvalue weighted by Gasteiger charge is -2.25. The first-order valence-corrected chi connectivity index (χ1v) is 18.6. The Morgan fingerprint density at radius 2 is 1.13 bits per heavy atom. The zero-order chi connectivity index (χ0) is 34.9. The average molecular weight is 696 g/mol. The van der Waals surface area contributed by atoms with Crippen LogP contribution in [-0.4, -0.2) is 9.97 Å². The molecule has 3 aromatic heterocycles. The molecule has 248 valence electrons. The van der Waals surface area contributed by atoms with Crippen LogP contribution in [0.15, 0.2) is 180 Å². The number of furan rings is 1. The molecule has 11 rings (SSSR count). The first-order chi connectivity index (χ1) is 26.3. The second kappa shape index (κ2) is 11.9. The van der Waals surface area contributed by atoms with E-state index in [0.29, 0.717) is 11.7 Å². The van der Waals surface area contributed by atoms with E-state index in [9.17, 15) is 0 Å². The Labute approximate surface area is 308 Å². The summed E-state index contributed by atoms with van der Waals surface area (Å²) in [5.41, 5.74) is 7.57. The predicted octanol–water partition coefficient (Wildman–Crippen LogP) is 13.9. The minimum atomic E-state index is 0.548. The Kier molecular flexibility index (Phi) is 6.69. The van der Waals surface area contributed by atoms with Crippen molar-refractivity contribution in [2.24, 2.45) is 0 Å². The fraction of sp³-hybridized carbons (Fsp3) is 0. The zero-order valence-corrected chi connectivity index (χ0v) is 29.2. The van der Waals surface area contributed by atoms with Crippen molar-refractivity contribution >= 4 is 92.4 Å². The summed E-state index contributed by atoms with van der Waals surface area (Å²) in [6.07, 6.45) is 0. The summed E-state index contributed by atoms with van der Waals surface area (Å²) in [6.45, 7) is 0. The van der Waals surface area contributed by atoms with Crippen molar-refractivity contribution in [3.63, 3.8) is 0 Å². The van der Waals surface area contributed by atoms with Gasteiger partial charge < -0.3 is 4.42 Å². The van der Waals surface area contributed by atoms with Crippen molar-refractivity contribution < 1.29 is 4.42 Å². The molecule has 0 bridgehead atoms. The molecule has 0 fully saturated rings. The molecule has 0 atom stereocenters. The number of anilines is 3. The lowest BCUT2D eigenvalue weighted by Crippen LogP contribution is -2.14. The molecule has 11 aromatic rings. The Bertz CT molecular complexity index is 3180. The highest BCUT2D eigenvalue weighted by molar-refractivity contribution is 7.26. The maximum absolute atomic E-state index is 6.56. The van der Waals surface area contributed by atoms with Gasteiger partial charge in [-0.2, -0.15) is 4.98 Å². The fourth-order valence-corrected chi connectivity index (χ4v) is 9.01. The molecule has 8 aromatic carbocycles. The highest BCUT2D eigenvalue weighted by atomic mass is 32.1. The molecular weight excluding hydrogens is 667 g/mol. The number of hydrogen-bond acceptors (Lipinski definition) is 5. The molecule has 5 heteroatoms. The zero-order valence-electron chi connectivity index (χ0n) is 28.4. The van der Waals surface area contributed by atoms with Gasteiger partial charge in [-0.1, -0.05) is 133 Å². The van der Waals surface area contributed by atoms with Gasteiger partial charge in [-0.25, -0.2) is 4.98 Å². The second-order valence-electron chi connectivity index (χ2n) is 13.4. The maximum atomic E-state index is 6.56. The van der Waals surface area contributed by atoms with Crippen LogP contribution in [0.3, 0.4) is 0 Å². The van der Waals surface area contributed by atoms with Gasteiger partial charge in [-0.05, 0) is 75.1 Å². The lowest BCUT2D eigenvalue weighted by atomic mass is 9.98. The number of para-hydroxylation sites is 2. The van der Waals surface area contributed by atoms with Crippen LogP contribution in [0.5, 0.6) is 0 Å². The van der Waals surface area contributed by atoms with Gasteiger partial charge in [0, 0.05) is 32.1 Å². The first-order valence-electron chi connectivity index (χ1n) is 17.7. The van der Waals surface area contributed by atoms with Gasteiger partial charge in [0.1, 0.15) is 5.58 Å². The standard InChI is InChI=1S/C48H29N3OS/c1-3-13-30(14-4-1)31-23-24-33-28-35(26-25-32(33)27-31)45-44-38-19-9-11-21-41(38)52-47(44)50-48(49-45)51(36-16-5-2-6-17-36)40-29-34-15-7-8-18-37(34)43-39-20-10-12-22-42(39)53-46(40)43/h1-29H. The van der Waals surface area contributed by atoms with Crippen LogP contribution >= 0.6 is 11.3 Å². The monoisotopic (exact) mass is 695 g/mol. The number of nitrogens with zero attached hydrogens (tertiary/aromatic N) is 3. The van der Waals surface area contributed by atoms with Crippen molar-refractivity contribution in [1.82, 2.24) is 9.97 Å².